The maximum Gasteiger partial charge on any atom is 0.152 e. The molecule has 2 unspecified atom stereocenters. The van der Waals surface area contributed by atoms with Gasteiger partial charge in [-0.1, -0.05) is 15.9 Å². The molecule has 19 heavy (non-hydrogen) atoms. The highest BCUT2D eigenvalue weighted by molar-refractivity contribution is 9.09. The lowest BCUT2D eigenvalue weighted by Crippen LogP contribution is -2.02. The van der Waals surface area contributed by atoms with Crippen molar-refractivity contribution in [1.29, 1.82) is 0 Å². The van der Waals surface area contributed by atoms with Gasteiger partial charge in [-0.05, 0) is 18.6 Å². The minimum Gasteiger partial charge on any atom is -0.382 e. The number of halogens is 1. The van der Waals surface area contributed by atoms with Crippen LogP contribution in [0.2, 0.25) is 0 Å². The molecule has 2 N–H and O–H groups in total. The van der Waals surface area contributed by atoms with Crippen LogP contribution in [-0.4, -0.2) is 29.2 Å². The fraction of sp³-hybridized carbons (Fsp3) is 0.250. The van der Waals surface area contributed by atoms with E-state index in [1.54, 1.807) is 4.52 Å². The molecule has 1 aliphatic carbocycles. The van der Waals surface area contributed by atoms with E-state index in [-0.39, 0.29) is 0 Å². The van der Waals surface area contributed by atoms with Gasteiger partial charge in [0.25, 0.3) is 0 Å². The molecule has 4 rings (SSSR count). The molecule has 1 fully saturated rings. The second-order valence-corrected chi connectivity index (χ2v) is 5.82. The number of nitrogens with two attached hydrogens (primary N) is 1. The highest BCUT2D eigenvalue weighted by Gasteiger charge is 2.38. The molecular formula is C12H11BrN6. The predicted octanol–water partition coefficient (Wildman–Crippen LogP) is 1.88. The number of fused-ring (bicyclic) bond motifs is 1. The van der Waals surface area contributed by atoms with Gasteiger partial charge in [-0.2, -0.15) is 10.2 Å². The van der Waals surface area contributed by atoms with Gasteiger partial charge in [0.1, 0.15) is 11.8 Å². The van der Waals surface area contributed by atoms with Crippen LogP contribution in [0, 0.1) is 0 Å². The summed E-state index contributed by atoms with van der Waals surface area (Å²) in [4.78, 5) is 4.57. The van der Waals surface area contributed by atoms with Crippen LogP contribution in [-0.2, 0) is 0 Å². The molecule has 1 aliphatic rings. The van der Waals surface area contributed by atoms with E-state index in [2.05, 4.69) is 31.1 Å². The molecule has 6 nitrogen and oxygen atoms in total. The van der Waals surface area contributed by atoms with Gasteiger partial charge in [0.05, 0.1) is 11.7 Å². The lowest BCUT2D eigenvalue weighted by atomic mass is 10.2. The molecule has 7 heteroatoms. The summed E-state index contributed by atoms with van der Waals surface area (Å²) >= 11 is 3.62. The Hall–Kier alpha value is -1.89. The molecule has 96 valence electrons. The molecule has 0 bridgehead atoms. The lowest BCUT2D eigenvalue weighted by molar-refractivity contribution is 0.652. The maximum absolute atomic E-state index is 5.97. The van der Waals surface area contributed by atoms with Crippen LogP contribution in [0.4, 0.5) is 5.82 Å². The van der Waals surface area contributed by atoms with E-state index in [4.69, 9.17) is 5.73 Å². The van der Waals surface area contributed by atoms with E-state index < -0.39 is 0 Å². The first kappa shape index (κ1) is 11.0. The van der Waals surface area contributed by atoms with Gasteiger partial charge >= 0.3 is 0 Å². The molecule has 2 atom stereocenters. The summed E-state index contributed by atoms with van der Waals surface area (Å²) in [6.07, 6.45) is 6.26. The van der Waals surface area contributed by atoms with Crippen molar-refractivity contribution in [1.82, 2.24) is 24.4 Å². The quantitative estimate of drug-likeness (QED) is 0.732. The summed E-state index contributed by atoms with van der Waals surface area (Å²) < 4.78 is 3.79. The van der Waals surface area contributed by atoms with E-state index >= 15 is 0 Å². The average molecular weight is 319 g/mol. The zero-order valence-corrected chi connectivity index (χ0v) is 11.5. The van der Waals surface area contributed by atoms with Gasteiger partial charge in [0.2, 0.25) is 0 Å². The molecule has 1 saturated carbocycles. The van der Waals surface area contributed by atoms with Crippen LogP contribution in [0.3, 0.4) is 0 Å². The Bertz CT molecular complexity index is 761. The Morgan fingerprint density at radius 2 is 2.16 bits per heavy atom. The van der Waals surface area contributed by atoms with E-state index in [1.165, 1.54) is 6.33 Å². The molecule has 0 radical (unpaired) electrons. The number of hydrogen-bond acceptors (Lipinski definition) is 4. The van der Waals surface area contributed by atoms with E-state index in [0.717, 1.165) is 23.2 Å². The van der Waals surface area contributed by atoms with Crippen LogP contribution in [0.15, 0.2) is 30.9 Å². The second kappa shape index (κ2) is 3.80. The Labute approximate surface area is 117 Å². The minimum atomic E-state index is 0.422. The molecule has 0 amide bonds. The van der Waals surface area contributed by atoms with Gasteiger partial charge in [-0.25, -0.2) is 9.50 Å². The topological polar surface area (TPSA) is 74.0 Å². The minimum absolute atomic E-state index is 0.422. The van der Waals surface area contributed by atoms with Crippen molar-refractivity contribution in [2.75, 3.05) is 5.73 Å². The second-order valence-electron chi connectivity index (χ2n) is 4.65. The molecule has 0 saturated heterocycles. The van der Waals surface area contributed by atoms with Crippen LogP contribution in [0.1, 0.15) is 12.5 Å². The molecule has 0 spiro atoms. The normalized spacial score (nSPS) is 21.9. The standard InChI is InChI=1S/C12H11BrN6/c13-8-5-10(8)19-9(1-3-16-19)7-2-4-18-11(7)12(14)15-6-17-18/h1-4,6,8,10H,5H2,(H2,14,15,17). The summed E-state index contributed by atoms with van der Waals surface area (Å²) in [5, 5.41) is 8.58. The Morgan fingerprint density at radius 1 is 1.32 bits per heavy atom. The van der Waals surface area contributed by atoms with Crippen molar-refractivity contribution >= 4 is 27.3 Å². The van der Waals surface area contributed by atoms with Crippen molar-refractivity contribution < 1.29 is 0 Å². The maximum atomic E-state index is 5.97. The number of nitrogen functional groups attached to an aromatic ring is 1. The fourth-order valence-corrected chi connectivity index (χ4v) is 2.99. The molecule has 0 aliphatic heterocycles. The Morgan fingerprint density at radius 3 is 2.95 bits per heavy atom. The van der Waals surface area contributed by atoms with Gasteiger partial charge in [0.15, 0.2) is 5.82 Å². The number of alkyl halides is 1. The van der Waals surface area contributed by atoms with E-state index in [0.29, 0.717) is 16.7 Å². The fourth-order valence-electron chi connectivity index (χ4n) is 2.38. The smallest absolute Gasteiger partial charge is 0.152 e. The zero-order chi connectivity index (χ0) is 13.0. The van der Waals surface area contributed by atoms with Crippen molar-refractivity contribution in [3.63, 3.8) is 0 Å². The number of hydrogen-bond donors (Lipinski definition) is 1. The number of anilines is 1. The molecule has 3 aromatic heterocycles. The highest BCUT2D eigenvalue weighted by atomic mass is 79.9. The van der Waals surface area contributed by atoms with Gasteiger partial charge in [0, 0.05) is 22.8 Å². The summed E-state index contributed by atoms with van der Waals surface area (Å²) in [7, 11) is 0. The summed E-state index contributed by atoms with van der Waals surface area (Å²) in [6.45, 7) is 0. The first-order valence-corrected chi connectivity index (χ1v) is 6.93. The SMILES string of the molecule is Nc1ncnn2ccc(-c3ccnn3C3CC3Br)c12. The summed E-state index contributed by atoms with van der Waals surface area (Å²) in [6, 6.07) is 4.42. The average Bonchev–Trinajstić information content (AvgIpc) is 2.83. The van der Waals surface area contributed by atoms with Crippen molar-refractivity contribution in [2.45, 2.75) is 17.3 Å². The Balaban J connectivity index is 1.94. The van der Waals surface area contributed by atoms with Crippen molar-refractivity contribution in [3.05, 3.63) is 30.9 Å². The first-order valence-electron chi connectivity index (χ1n) is 6.01. The zero-order valence-electron chi connectivity index (χ0n) is 9.94. The van der Waals surface area contributed by atoms with Crippen molar-refractivity contribution in [3.8, 4) is 11.3 Å². The molecule has 3 heterocycles. The molecular weight excluding hydrogens is 308 g/mol. The monoisotopic (exact) mass is 318 g/mol. The predicted molar refractivity (Wildman–Crippen MR) is 75.0 cm³/mol. The third-order valence-corrected chi connectivity index (χ3v) is 4.41. The third kappa shape index (κ3) is 1.58. The largest absolute Gasteiger partial charge is 0.382 e. The summed E-state index contributed by atoms with van der Waals surface area (Å²) in [5.41, 5.74) is 8.86. The van der Waals surface area contributed by atoms with Crippen LogP contribution in [0.25, 0.3) is 16.8 Å². The number of nitrogens with zero attached hydrogens (tertiary/aromatic N) is 5. The third-order valence-electron chi connectivity index (χ3n) is 3.42. The Kier molecular flexibility index (Phi) is 2.20. The molecule has 0 aromatic carbocycles. The van der Waals surface area contributed by atoms with E-state index in [1.807, 2.05) is 29.2 Å². The summed E-state index contributed by atoms with van der Waals surface area (Å²) in [5.74, 6) is 0.480. The lowest BCUT2D eigenvalue weighted by Gasteiger charge is -2.06. The van der Waals surface area contributed by atoms with Crippen LogP contribution < -0.4 is 5.73 Å². The van der Waals surface area contributed by atoms with Crippen LogP contribution in [0.5, 0.6) is 0 Å². The van der Waals surface area contributed by atoms with E-state index in [9.17, 15) is 0 Å². The number of aromatic nitrogens is 5. The van der Waals surface area contributed by atoms with Crippen LogP contribution >= 0.6 is 15.9 Å². The number of rotatable bonds is 2. The van der Waals surface area contributed by atoms with Gasteiger partial charge in [-0.15, -0.1) is 0 Å². The highest BCUT2D eigenvalue weighted by Crippen LogP contribution is 2.44. The van der Waals surface area contributed by atoms with Crippen molar-refractivity contribution in [2.24, 2.45) is 0 Å². The molecule has 3 aromatic rings. The van der Waals surface area contributed by atoms with Gasteiger partial charge in [-0.3, -0.25) is 4.68 Å². The first-order chi connectivity index (χ1) is 9.25. The van der Waals surface area contributed by atoms with Gasteiger partial charge < -0.3 is 5.73 Å².